The predicted molar refractivity (Wildman–Crippen MR) is 57.4 cm³/mol. The number of carbonyl (C=O) groups is 2. The van der Waals surface area contributed by atoms with Crippen LogP contribution in [0.15, 0.2) is 0 Å². The maximum absolute atomic E-state index is 11.6. The summed E-state index contributed by atoms with van der Waals surface area (Å²) in [6.07, 6.45) is 9.28. The second kappa shape index (κ2) is 4.77. The van der Waals surface area contributed by atoms with E-state index in [9.17, 15) is 9.59 Å². The van der Waals surface area contributed by atoms with Crippen molar-refractivity contribution in [3.05, 3.63) is 0 Å². The first-order valence-electron chi connectivity index (χ1n) is 6.08. The van der Waals surface area contributed by atoms with E-state index in [1.54, 1.807) is 0 Å². The molecule has 15 heavy (non-hydrogen) atoms. The van der Waals surface area contributed by atoms with Crippen molar-refractivity contribution in [1.29, 1.82) is 0 Å². The number of rotatable bonds is 3. The molecule has 0 radical (unpaired) electrons. The Morgan fingerprint density at radius 2 is 1.80 bits per heavy atom. The maximum atomic E-state index is 11.6. The second-order valence-electron chi connectivity index (χ2n) is 4.72. The van der Waals surface area contributed by atoms with Crippen molar-refractivity contribution in [3.63, 3.8) is 0 Å². The van der Waals surface area contributed by atoms with Crippen molar-refractivity contribution in [2.24, 2.45) is 0 Å². The van der Waals surface area contributed by atoms with Crippen molar-refractivity contribution in [1.82, 2.24) is 4.90 Å². The van der Waals surface area contributed by atoms with Gasteiger partial charge in [-0.2, -0.15) is 0 Å². The highest BCUT2D eigenvalue weighted by molar-refractivity contribution is 5.87. The summed E-state index contributed by atoms with van der Waals surface area (Å²) in [6.45, 7) is 0. The number of hydrogen-bond acceptors (Lipinski definition) is 2. The van der Waals surface area contributed by atoms with Crippen LogP contribution in [-0.2, 0) is 9.59 Å². The Kier molecular flexibility index (Phi) is 3.39. The third-order valence-electron chi connectivity index (χ3n) is 3.75. The lowest BCUT2D eigenvalue weighted by Gasteiger charge is -2.34. The molecule has 0 aromatic rings. The summed E-state index contributed by atoms with van der Waals surface area (Å²) < 4.78 is 0. The van der Waals surface area contributed by atoms with E-state index in [4.69, 9.17) is 0 Å². The molecular weight excluding hydrogens is 190 g/mol. The average Bonchev–Trinajstić information content (AvgIpc) is 2.68. The Morgan fingerprint density at radius 1 is 1.07 bits per heavy atom. The zero-order valence-corrected chi connectivity index (χ0v) is 9.15. The molecule has 0 aliphatic heterocycles. The molecule has 0 N–H and O–H groups in total. The highest BCUT2D eigenvalue weighted by Crippen LogP contribution is 2.27. The van der Waals surface area contributed by atoms with E-state index in [1.807, 2.05) is 4.90 Å². The van der Waals surface area contributed by atoms with Crippen LogP contribution in [0.4, 0.5) is 0 Å². The van der Waals surface area contributed by atoms with Crippen LogP contribution in [0.5, 0.6) is 0 Å². The molecule has 2 saturated carbocycles. The van der Waals surface area contributed by atoms with Crippen molar-refractivity contribution in [2.45, 2.75) is 63.5 Å². The van der Waals surface area contributed by atoms with Gasteiger partial charge in [-0.3, -0.25) is 9.59 Å². The van der Waals surface area contributed by atoms with Gasteiger partial charge in [-0.1, -0.05) is 19.3 Å². The Hall–Kier alpha value is -0.860. The minimum absolute atomic E-state index is 0.0920. The largest absolute Gasteiger partial charge is 0.332 e. The summed E-state index contributed by atoms with van der Waals surface area (Å²) >= 11 is 0. The van der Waals surface area contributed by atoms with Crippen molar-refractivity contribution < 1.29 is 9.59 Å². The van der Waals surface area contributed by atoms with Crippen molar-refractivity contribution in [2.75, 3.05) is 0 Å². The molecule has 0 heterocycles. The summed E-state index contributed by atoms with van der Waals surface area (Å²) in [5.74, 6) is 0.271. The summed E-state index contributed by atoms with van der Waals surface area (Å²) in [5, 5.41) is 0. The van der Waals surface area contributed by atoms with Crippen molar-refractivity contribution in [3.8, 4) is 0 Å². The van der Waals surface area contributed by atoms with Gasteiger partial charge in [-0.25, -0.2) is 0 Å². The fourth-order valence-electron chi connectivity index (χ4n) is 2.91. The van der Waals surface area contributed by atoms with Crippen LogP contribution >= 0.6 is 0 Å². The number of nitrogens with zero attached hydrogens (tertiary/aromatic N) is 1. The molecule has 3 heteroatoms. The number of hydrogen-bond donors (Lipinski definition) is 0. The van der Waals surface area contributed by atoms with Gasteiger partial charge in [-0.15, -0.1) is 0 Å². The molecule has 0 saturated heterocycles. The smallest absolute Gasteiger partial charge is 0.210 e. The second-order valence-corrected chi connectivity index (χ2v) is 4.72. The van der Waals surface area contributed by atoms with Gasteiger partial charge in [0.25, 0.3) is 0 Å². The molecular formula is C12H19NO2. The standard InChI is InChI=1S/C12H19NO2/c14-9-13(10-5-2-1-3-6-10)11-7-4-8-12(11)15/h9-11H,1-8H2. The molecule has 2 rings (SSSR count). The van der Waals surface area contributed by atoms with Crippen LogP contribution in [0.25, 0.3) is 0 Å². The van der Waals surface area contributed by atoms with Gasteiger partial charge >= 0.3 is 0 Å². The summed E-state index contributed by atoms with van der Waals surface area (Å²) in [6, 6.07) is 0.244. The first-order chi connectivity index (χ1) is 7.33. The predicted octanol–water partition coefficient (Wildman–Crippen LogP) is 1.90. The van der Waals surface area contributed by atoms with E-state index in [-0.39, 0.29) is 11.8 Å². The van der Waals surface area contributed by atoms with Crippen LogP contribution in [0.3, 0.4) is 0 Å². The molecule has 0 aromatic carbocycles. The Morgan fingerprint density at radius 3 is 2.33 bits per heavy atom. The average molecular weight is 209 g/mol. The van der Waals surface area contributed by atoms with Gasteiger partial charge in [0.2, 0.25) is 6.41 Å². The Balaban J connectivity index is 2.01. The zero-order valence-electron chi connectivity index (χ0n) is 9.15. The Bertz CT molecular complexity index is 246. The Labute approximate surface area is 90.8 Å². The van der Waals surface area contributed by atoms with E-state index in [1.165, 1.54) is 19.3 Å². The number of Topliss-reactive ketones (excluding diaryl/α,β-unsaturated/α-hetero) is 1. The van der Waals surface area contributed by atoms with Crippen LogP contribution < -0.4 is 0 Å². The molecule has 2 aliphatic carbocycles. The molecule has 1 amide bonds. The first-order valence-corrected chi connectivity index (χ1v) is 6.08. The highest BCUT2D eigenvalue weighted by atomic mass is 16.1. The first kappa shape index (κ1) is 10.7. The van der Waals surface area contributed by atoms with E-state index >= 15 is 0 Å². The van der Waals surface area contributed by atoms with Gasteiger partial charge in [0.1, 0.15) is 0 Å². The molecule has 2 aliphatic rings. The summed E-state index contributed by atoms with van der Waals surface area (Å²) in [4.78, 5) is 24.5. The quantitative estimate of drug-likeness (QED) is 0.666. The van der Waals surface area contributed by atoms with E-state index in [0.717, 1.165) is 32.1 Å². The van der Waals surface area contributed by atoms with E-state index in [2.05, 4.69) is 0 Å². The van der Waals surface area contributed by atoms with Crippen molar-refractivity contribution >= 4 is 12.2 Å². The fourth-order valence-corrected chi connectivity index (χ4v) is 2.91. The molecule has 1 atom stereocenters. The summed E-state index contributed by atoms with van der Waals surface area (Å²) in [7, 11) is 0. The molecule has 0 spiro atoms. The number of carbonyl (C=O) groups excluding carboxylic acids is 2. The number of ketones is 1. The maximum Gasteiger partial charge on any atom is 0.210 e. The molecule has 84 valence electrons. The van der Waals surface area contributed by atoms with Crippen LogP contribution in [0, 0.1) is 0 Å². The van der Waals surface area contributed by atoms with Gasteiger partial charge in [0.05, 0.1) is 6.04 Å². The van der Waals surface area contributed by atoms with Crippen LogP contribution in [-0.4, -0.2) is 29.2 Å². The third-order valence-corrected chi connectivity index (χ3v) is 3.75. The van der Waals surface area contributed by atoms with Gasteiger partial charge in [0.15, 0.2) is 5.78 Å². The normalized spacial score (nSPS) is 28.0. The lowest BCUT2D eigenvalue weighted by atomic mass is 9.93. The van der Waals surface area contributed by atoms with Crippen LogP contribution in [0.2, 0.25) is 0 Å². The van der Waals surface area contributed by atoms with E-state index < -0.39 is 0 Å². The zero-order chi connectivity index (χ0) is 10.7. The lowest BCUT2D eigenvalue weighted by Crippen LogP contribution is -2.45. The molecule has 2 fully saturated rings. The minimum Gasteiger partial charge on any atom is -0.332 e. The molecule has 1 unspecified atom stereocenters. The number of amides is 1. The van der Waals surface area contributed by atoms with Gasteiger partial charge in [0, 0.05) is 12.5 Å². The lowest BCUT2D eigenvalue weighted by molar-refractivity contribution is -0.132. The SMILES string of the molecule is O=CN(C1CCCCC1)C1CCCC1=O. The molecule has 0 bridgehead atoms. The highest BCUT2D eigenvalue weighted by Gasteiger charge is 2.33. The van der Waals surface area contributed by atoms with Gasteiger partial charge in [-0.05, 0) is 25.7 Å². The minimum atomic E-state index is -0.0920. The van der Waals surface area contributed by atoms with Crippen LogP contribution in [0.1, 0.15) is 51.4 Å². The topological polar surface area (TPSA) is 37.4 Å². The monoisotopic (exact) mass is 209 g/mol. The molecule has 3 nitrogen and oxygen atoms in total. The fraction of sp³-hybridized carbons (Fsp3) is 0.833. The third kappa shape index (κ3) is 2.21. The summed E-state index contributed by atoms with van der Waals surface area (Å²) in [5.41, 5.74) is 0. The molecule has 0 aromatic heterocycles. The van der Waals surface area contributed by atoms with E-state index in [0.29, 0.717) is 12.5 Å². The van der Waals surface area contributed by atoms with Gasteiger partial charge < -0.3 is 4.90 Å².